The lowest BCUT2D eigenvalue weighted by Crippen LogP contribution is -2.57. The molecule has 1 aliphatic carbocycles. The van der Waals surface area contributed by atoms with Crippen molar-refractivity contribution in [3.8, 4) is 0 Å². The molecule has 324 valence electrons. The monoisotopic (exact) mass is 807 g/mol. The van der Waals surface area contributed by atoms with E-state index in [0.29, 0.717) is 17.4 Å². The van der Waals surface area contributed by atoms with Crippen LogP contribution < -0.4 is 5.11 Å². The van der Waals surface area contributed by atoms with Crippen LogP contribution in [0.5, 0.6) is 0 Å². The minimum atomic E-state index is -3.89. The molecule has 55 heavy (non-hydrogen) atoms. The Balaban J connectivity index is 2.90. The Hall–Kier alpha value is -1.64. The molecular formula is C40H79N4O10P. The fourth-order valence-corrected chi connectivity index (χ4v) is 9.48. The second kappa shape index (κ2) is 29.6. The van der Waals surface area contributed by atoms with E-state index in [2.05, 4.69) is 4.90 Å². The molecule has 3 N–H and O–H groups in total. The second-order valence-corrected chi connectivity index (χ2v) is 19.0. The van der Waals surface area contributed by atoms with Gasteiger partial charge < -0.3 is 38.9 Å². The van der Waals surface area contributed by atoms with Crippen molar-refractivity contribution in [2.75, 3.05) is 93.9 Å². The molecular weight excluding hydrogens is 727 g/mol. The normalized spacial score (nSPS) is 18.2. The summed E-state index contributed by atoms with van der Waals surface area (Å²) in [5.41, 5.74) is 0. The highest BCUT2D eigenvalue weighted by Gasteiger charge is 2.39. The first-order valence-corrected chi connectivity index (χ1v) is 22.9. The SMILES string of the molecule is CN(C)C1CCCCC1N(CC(=O)O)CC(CP(=O)(OCCCCCCCCCCCCCCCCCC[O-])OCC[N+](C)(C)C)N(CC(=O)O)CC(=O)O. The molecule has 1 saturated carbocycles. The van der Waals surface area contributed by atoms with Crippen molar-refractivity contribution in [2.24, 2.45) is 0 Å². The molecule has 1 rings (SSSR count). The van der Waals surface area contributed by atoms with Crippen LogP contribution in [0, 0.1) is 0 Å². The van der Waals surface area contributed by atoms with E-state index in [1.165, 1.54) is 69.1 Å². The first-order valence-electron chi connectivity index (χ1n) is 21.1. The summed E-state index contributed by atoms with van der Waals surface area (Å²) in [5, 5.41) is 40.1. The molecule has 4 unspecified atom stereocenters. The number of likely N-dealkylation sites (N-methyl/N-ethyl adjacent to an activating group) is 2. The van der Waals surface area contributed by atoms with Crippen LogP contribution in [0.15, 0.2) is 0 Å². The summed E-state index contributed by atoms with van der Waals surface area (Å²) >= 11 is 0. The van der Waals surface area contributed by atoms with Crippen molar-refractivity contribution >= 4 is 25.5 Å². The van der Waals surface area contributed by atoms with E-state index in [1.807, 2.05) is 35.2 Å². The van der Waals surface area contributed by atoms with Gasteiger partial charge in [-0.3, -0.25) is 28.7 Å². The lowest BCUT2D eigenvalue weighted by molar-refractivity contribution is -0.870. The van der Waals surface area contributed by atoms with E-state index in [-0.39, 0.29) is 51.2 Å². The second-order valence-electron chi connectivity index (χ2n) is 16.9. The van der Waals surface area contributed by atoms with Crippen molar-refractivity contribution in [3.05, 3.63) is 0 Å². The molecule has 0 aromatic rings. The van der Waals surface area contributed by atoms with Gasteiger partial charge >= 0.3 is 25.5 Å². The van der Waals surface area contributed by atoms with Crippen molar-refractivity contribution in [3.63, 3.8) is 0 Å². The van der Waals surface area contributed by atoms with E-state index in [0.717, 1.165) is 57.8 Å². The Bertz CT molecular complexity index is 1080. The molecule has 0 aliphatic heterocycles. The molecule has 0 heterocycles. The van der Waals surface area contributed by atoms with E-state index in [9.17, 15) is 39.4 Å². The van der Waals surface area contributed by atoms with Gasteiger partial charge in [-0.15, -0.1) is 6.61 Å². The third-order valence-electron chi connectivity index (χ3n) is 10.6. The van der Waals surface area contributed by atoms with Gasteiger partial charge in [-0.2, -0.15) is 0 Å². The van der Waals surface area contributed by atoms with Crippen molar-refractivity contribution in [2.45, 2.75) is 147 Å². The molecule has 0 aromatic carbocycles. The summed E-state index contributed by atoms with van der Waals surface area (Å²) in [6.45, 7) is -0.661. The zero-order valence-electron chi connectivity index (χ0n) is 35.2. The van der Waals surface area contributed by atoms with Gasteiger partial charge in [0.15, 0.2) is 0 Å². The first kappa shape index (κ1) is 51.4. The number of hydrogen-bond donors (Lipinski definition) is 3. The largest absolute Gasteiger partial charge is 0.854 e. The van der Waals surface area contributed by atoms with E-state index < -0.39 is 44.6 Å². The number of carboxylic acids is 3. The minimum absolute atomic E-state index is 0.00170. The predicted molar refractivity (Wildman–Crippen MR) is 216 cm³/mol. The first-order chi connectivity index (χ1) is 26.1. The van der Waals surface area contributed by atoms with Gasteiger partial charge in [-0.25, -0.2) is 0 Å². The number of carboxylic acid groups (broad SMARTS) is 3. The number of unbranched alkanes of at least 4 members (excludes halogenated alkanes) is 15. The maximum Gasteiger partial charge on any atom is 0.332 e. The number of nitrogens with zero attached hydrogens (tertiary/aromatic N) is 4. The lowest BCUT2D eigenvalue weighted by atomic mass is 9.88. The molecule has 4 atom stereocenters. The van der Waals surface area contributed by atoms with Crippen molar-refractivity contribution in [1.29, 1.82) is 0 Å². The van der Waals surface area contributed by atoms with Crippen LogP contribution >= 0.6 is 7.60 Å². The van der Waals surface area contributed by atoms with Crippen LogP contribution in [-0.4, -0.2) is 164 Å². The topological polar surface area (TPSA) is 180 Å². The average molecular weight is 807 g/mol. The molecule has 0 amide bonds. The zero-order valence-corrected chi connectivity index (χ0v) is 36.1. The molecule has 1 aliphatic rings. The molecule has 0 spiro atoms. The number of aliphatic carboxylic acids is 3. The van der Waals surface area contributed by atoms with Crippen LogP contribution in [-0.2, 0) is 28.0 Å². The highest BCUT2D eigenvalue weighted by Crippen LogP contribution is 2.50. The smallest absolute Gasteiger partial charge is 0.332 e. The van der Waals surface area contributed by atoms with E-state index in [4.69, 9.17) is 9.05 Å². The summed E-state index contributed by atoms with van der Waals surface area (Å²) in [4.78, 5) is 41.3. The van der Waals surface area contributed by atoms with Crippen LogP contribution in [0.25, 0.3) is 0 Å². The Morgan fingerprint density at radius 1 is 0.673 bits per heavy atom. The summed E-state index contributed by atoms with van der Waals surface area (Å²) in [6, 6.07) is -1.04. The quantitative estimate of drug-likeness (QED) is 0.0404. The fourth-order valence-electron chi connectivity index (χ4n) is 7.57. The van der Waals surface area contributed by atoms with Gasteiger partial charge in [-0.1, -0.05) is 109 Å². The van der Waals surface area contributed by atoms with Crippen LogP contribution in [0.3, 0.4) is 0 Å². The number of rotatable bonds is 36. The summed E-state index contributed by atoms with van der Waals surface area (Å²) in [6.07, 6.45) is 21.4. The Morgan fingerprint density at radius 2 is 1.09 bits per heavy atom. The van der Waals surface area contributed by atoms with Crippen LogP contribution in [0.2, 0.25) is 0 Å². The molecule has 0 bridgehead atoms. The average Bonchev–Trinajstić information content (AvgIpc) is 3.09. The van der Waals surface area contributed by atoms with Crippen LogP contribution in [0.1, 0.15) is 128 Å². The minimum Gasteiger partial charge on any atom is -0.854 e. The van der Waals surface area contributed by atoms with Gasteiger partial charge in [0, 0.05) is 24.7 Å². The number of quaternary nitrogens is 1. The molecule has 15 heteroatoms. The summed E-state index contributed by atoms with van der Waals surface area (Å²) < 4.78 is 27.3. The van der Waals surface area contributed by atoms with Crippen molar-refractivity contribution < 1.29 is 52.9 Å². The zero-order chi connectivity index (χ0) is 41.1. The summed E-state index contributed by atoms with van der Waals surface area (Å²) in [5.74, 6) is -3.52. The highest BCUT2D eigenvalue weighted by atomic mass is 31.2. The molecule has 1 fully saturated rings. The van der Waals surface area contributed by atoms with Crippen molar-refractivity contribution in [1.82, 2.24) is 14.7 Å². The van der Waals surface area contributed by atoms with Gasteiger partial charge in [0.05, 0.1) is 53.5 Å². The van der Waals surface area contributed by atoms with Gasteiger partial charge in [0.2, 0.25) is 0 Å². The molecule has 0 saturated heterocycles. The third-order valence-corrected chi connectivity index (χ3v) is 12.6. The Labute approximate surface area is 333 Å². The summed E-state index contributed by atoms with van der Waals surface area (Å²) in [7, 11) is 5.97. The lowest BCUT2D eigenvalue weighted by Gasteiger charge is -2.44. The molecule has 14 nitrogen and oxygen atoms in total. The van der Waals surface area contributed by atoms with E-state index in [1.54, 1.807) is 4.90 Å². The van der Waals surface area contributed by atoms with Gasteiger partial charge in [0.25, 0.3) is 0 Å². The molecule has 0 aromatic heterocycles. The molecule has 0 radical (unpaired) electrons. The van der Waals surface area contributed by atoms with Gasteiger partial charge in [-0.05, 0) is 33.4 Å². The fraction of sp³-hybridized carbons (Fsp3) is 0.925. The highest BCUT2D eigenvalue weighted by molar-refractivity contribution is 7.53. The third kappa shape index (κ3) is 26.1. The number of hydrogen-bond acceptors (Lipinski definition) is 10. The Morgan fingerprint density at radius 3 is 1.51 bits per heavy atom. The predicted octanol–water partition coefficient (Wildman–Crippen LogP) is 5.62. The Kier molecular flexibility index (Phi) is 27.6. The van der Waals surface area contributed by atoms with Gasteiger partial charge in [0.1, 0.15) is 13.2 Å². The number of carbonyl (C=O) groups is 3. The standard InChI is InChI=1S/C40H79N4O10P/c1-41(2)36-24-20-21-25-37(36)43(33-40(50)51)30-35(42(31-38(46)47)32-39(48)49)34-55(52,54-29-26-44(3,4)5)53-28-23-19-17-15-13-11-9-7-6-8-10-12-14-16-18-22-27-45/h35-37H,6-34H2,1-5H3,(H,46,47)(H,48,49)(H,50,51). The maximum atomic E-state index is 14.6. The maximum absolute atomic E-state index is 14.6. The van der Waals surface area contributed by atoms with Crippen LogP contribution in [0.4, 0.5) is 0 Å². The van der Waals surface area contributed by atoms with E-state index >= 15 is 0 Å².